The van der Waals surface area contributed by atoms with Crippen molar-refractivity contribution in [1.29, 1.82) is 0 Å². The molecule has 0 bridgehead atoms. The zero-order valence-electron chi connectivity index (χ0n) is 8.25. The Kier molecular flexibility index (Phi) is 2.23. The Labute approximate surface area is 88.6 Å². The second kappa shape index (κ2) is 3.28. The zero-order chi connectivity index (χ0) is 10.2. The molecular formula is C11H12ClNO. The molecular weight excluding hydrogens is 198 g/mol. The highest BCUT2D eigenvalue weighted by atomic mass is 35.5. The third-order valence-electron chi connectivity index (χ3n) is 2.43. The van der Waals surface area contributed by atoms with E-state index >= 15 is 0 Å². The molecule has 0 fully saturated rings. The molecule has 0 saturated heterocycles. The van der Waals surface area contributed by atoms with E-state index in [1.807, 2.05) is 31.2 Å². The number of aliphatic imine (C=N–C) groups is 1. The van der Waals surface area contributed by atoms with Gasteiger partial charge < -0.3 is 4.74 Å². The summed E-state index contributed by atoms with van der Waals surface area (Å²) in [6.45, 7) is 4.55. The first kappa shape index (κ1) is 9.53. The molecule has 0 aromatic heterocycles. The SMILES string of the molecule is CC1=NC(C)(c2ccc(Cl)cc2)CO1. The summed E-state index contributed by atoms with van der Waals surface area (Å²) >= 11 is 5.83. The van der Waals surface area contributed by atoms with E-state index in [9.17, 15) is 0 Å². The van der Waals surface area contributed by atoms with Crippen LogP contribution in [0.4, 0.5) is 0 Å². The molecule has 2 rings (SSSR count). The number of halogens is 1. The van der Waals surface area contributed by atoms with Gasteiger partial charge in [0.2, 0.25) is 0 Å². The monoisotopic (exact) mass is 209 g/mol. The van der Waals surface area contributed by atoms with Crippen molar-refractivity contribution < 1.29 is 4.74 Å². The lowest BCUT2D eigenvalue weighted by atomic mass is 9.94. The van der Waals surface area contributed by atoms with E-state index in [2.05, 4.69) is 11.9 Å². The first-order valence-electron chi connectivity index (χ1n) is 4.55. The maximum atomic E-state index is 5.83. The fourth-order valence-electron chi connectivity index (χ4n) is 1.61. The van der Waals surface area contributed by atoms with Gasteiger partial charge in [-0.05, 0) is 24.6 Å². The molecule has 0 saturated carbocycles. The van der Waals surface area contributed by atoms with Crippen LogP contribution in [0.15, 0.2) is 29.3 Å². The maximum Gasteiger partial charge on any atom is 0.181 e. The van der Waals surface area contributed by atoms with Crippen molar-refractivity contribution in [3.05, 3.63) is 34.9 Å². The van der Waals surface area contributed by atoms with Gasteiger partial charge in [-0.1, -0.05) is 23.7 Å². The van der Waals surface area contributed by atoms with Crippen molar-refractivity contribution in [2.75, 3.05) is 6.61 Å². The lowest BCUT2D eigenvalue weighted by Crippen LogP contribution is -2.20. The van der Waals surface area contributed by atoms with Crippen LogP contribution in [-0.4, -0.2) is 12.5 Å². The largest absolute Gasteiger partial charge is 0.478 e. The molecule has 1 aromatic rings. The molecule has 0 N–H and O–H groups in total. The molecule has 3 heteroatoms. The van der Waals surface area contributed by atoms with Crippen molar-refractivity contribution in [2.45, 2.75) is 19.4 Å². The molecule has 0 aliphatic carbocycles. The van der Waals surface area contributed by atoms with Crippen molar-refractivity contribution in [3.8, 4) is 0 Å². The average Bonchev–Trinajstić information content (AvgIpc) is 2.48. The minimum atomic E-state index is -0.241. The van der Waals surface area contributed by atoms with E-state index in [0.29, 0.717) is 6.61 Å². The summed E-state index contributed by atoms with van der Waals surface area (Å²) in [7, 11) is 0. The maximum absolute atomic E-state index is 5.83. The summed E-state index contributed by atoms with van der Waals surface area (Å²) in [5, 5.41) is 0.747. The molecule has 1 aromatic carbocycles. The van der Waals surface area contributed by atoms with Crippen LogP contribution in [0.5, 0.6) is 0 Å². The number of hydrogen-bond donors (Lipinski definition) is 0. The predicted octanol–water partition coefficient (Wildman–Crippen LogP) is 3.00. The lowest BCUT2D eigenvalue weighted by molar-refractivity contribution is 0.268. The smallest absolute Gasteiger partial charge is 0.181 e. The Morgan fingerprint density at radius 1 is 1.36 bits per heavy atom. The van der Waals surface area contributed by atoms with Gasteiger partial charge in [0.25, 0.3) is 0 Å². The van der Waals surface area contributed by atoms with Crippen molar-refractivity contribution in [2.24, 2.45) is 4.99 Å². The van der Waals surface area contributed by atoms with Gasteiger partial charge in [-0.3, -0.25) is 0 Å². The highest BCUT2D eigenvalue weighted by Gasteiger charge is 2.31. The van der Waals surface area contributed by atoms with Gasteiger partial charge in [-0.2, -0.15) is 0 Å². The van der Waals surface area contributed by atoms with Gasteiger partial charge in [0.15, 0.2) is 5.90 Å². The molecule has 0 radical (unpaired) electrons. The summed E-state index contributed by atoms with van der Waals surface area (Å²) in [4.78, 5) is 4.47. The molecule has 14 heavy (non-hydrogen) atoms. The number of nitrogens with zero attached hydrogens (tertiary/aromatic N) is 1. The molecule has 0 amide bonds. The van der Waals surface area contributed by atoms with Crippen molar-refractivity contribution >= 4 is 17.5 Å². The summed E-state index contributed by atoms with van der Waals surface area (Å²) in [5.41, 5.74) is 0.896. The van der Waals surface area contributed by atoms with E-state index in [0.717, 1.165) is 16.5 Å². The zero-order valence-corrected chi connectivity index (χ0v) is 9.01. The normalized spacial score (nSPS) is 25.8. The van der Waals surface area contributed by atoms with E-state index in [1.54, 1.807) is 0 Å². The molecule has 1 unspecified atom stereocenters. The van der Waals surface area contributed by atoms with Gasteiger partial charge in [0.1, 0.15) is 12.1 Å². The summed E-state index contributed by atoms with van der Waals surface area (Å²) in [6, 6.07) is 7.75. The highest BCUT2D eigenvalue weighted by Crippen LogP contribution is 2.30. The Bertz CT molecular complexity index is 371. The predicted molar refractivity (Wildman–Crippen MR) is 57.9 cm³/mol. The van der Waals surface area contributed by atoms with Crippen LogP contribution in [0.1, 0.15) is 19.4 Å². The summed E-state index contributed by atoms with van der Waals surface area (Å²) in [5.74, 6) is 0.752. The fourth-order valence-corrected chi connectivity index (χ4v) is 1.74. The van der Waals surface area contributed by atoms with Gasteiger partial charge in [0.05, 0.1) is 0 Å². The Morgan fingerprint density at radius 2 is 2.00 bits per heavy atom. The highest BCUT2D eigenvalue weighted by molar-refractivity contribution is 6.30. The molecule has 0 spiro atoms. The number of hydrogen-bond acceptors (Lipinski definition) is 2. The summed E-state index contributed by atoms with van der Waals surface area (Å²) in [6.07, 6.45) is 0. The van der Waals surface area contributed by atoms with Gasteiger partial charge >= 0.3 is 0 Å². The van der Waals surface area contributed by atoms with E-state index < -0.39 is 0 Å². The lowest BCUT2D eigenvalue weighted by Gasteiger charge is -2.18. The third-order valence-corrected chi connectivity index (χ3v) is 2.68. The molecule has 1 heterocycles. The van der Waals surface area contributed by atoms with Crippen molar-refractivity contribution in [3.63, 3.8) is 0 Å². The topological polar surface area (TPSA) is 21.6 Å². The fraction of sp³-hybridized carbons (Fsp3) is 0.364. The van der Waals surface area contributed by atoms with Crippen molar-refractivity contribution in [1.82, 2.24) is 0 Å². The van der Waals surface area contributed by atoms with Gasteiger partial charge in [0, 0.05) is 11.9 Å². The summed E-state index contributed by atoms with van der Waals surface area (Å²) < 4.78 is 5.37. The number of rotatable bonds is 1. The van der Waals surface area contributed by atoms with Gasteiger partial charge in [-0.15, -0.1) is 0 Å². The van der Waals surface area contributed by atoms with E-state index in [4.69, 9.17) is 16.3 Å². The van der Waals surface area contributed by atoms with Crippen LogP contribution >= 0.6 is 11.6 Å². The quantitative estimate of drug-likeness (QED) is 0.697. The molecule has 1 aliphatic rings. The first-order valence-corrected chi connectivity index (χ1v) is 4.93. The van der Waals surface area contributed by atoms with Crippen LogP contribution in [0, 0.1) is 0 Å². The molecule has 1 aliphatic heterocycles. The molecule has 2 nitrogen and oxygen atoms in total. The van der Waals surface area contributed by atoms with E-state index in [-0.39, 0.29) is 5.54 Å². The second-order valence-electron chi connectivity index (χ2n) is 3.70. The average molecular weight is 210 g/mol. The first-order chi connectivity index (χ1) is 6.60. The van der Waals surface area contributed by atoms with Crippen LogP contribution in [-0.2, 0) is 10.3 Å². The minimum absolute atomic E-state index is 0.241. The second-order valence-corrected chi connectivity index (χ2v) is 4.14. The molecule has 1 atom stereocenters. The minimum Gasteiger partial charge on any atom is -0.478 e. The number of ether oxygens (including phenoxy) is 1. The standard InChI is InChI=1S/C11H12ClNO/c1-8-13-11(2,7-14-8)9-3-5-10(12)6-4-9/h3-6H,7H2,1-2H3. The Balaban J connectivity index is 2.35. The van der Waals surface area contributed by atoms with Crippen LogP contribution < -0.4 is 0 Å². The van der Waals surface area contributed by atoms with Crippen LogP contribution in [0.3, 0.4) is 0 Å². The van der Waals surface area contributed by atoms with E-state index in [1.165, 1.54) is 0 Å². The third kappa shape index (κ3) is 1.62. The van der Waals surface area contributed by atoms with Crippen LogP contribution in [0.2, 0.25) is 5.02 Å². The molecule has 74 valence electrons. The van der Waals surface area contributed by atoms with Gasteiger partial charge in [-0.25, -0.2) is 4.99 Å². The van der Waals surface area contributed by atoms with Crippen LogP contribution in [0.25, 0.3) is 0 Å². The Hall–Kier alpha value is -1.02. The number of benzene rings is 1. The Morgan fingerprint density at radius 3 is 2.50 bits per heavy atom.